The van der Waals surface area contributed by atoms with E-state index in [2.05, 4.69) is 9.97 Å². The number of rotatable bonds is 5. The van der Waals surface area contributed by atoms with Gasteiger partial charge < -0.3 is 14.5 Å². The number of carbonyl (C=O) groups excluding carboxylic acids is 2. The maximum atomic E-state index is 12.6. The van der Waals surface area contributed by atoms with Crippen LogP contribution in [0.1, 0.15) is 26.5 Å². The normalized spacial score (nSPS) is 14.1. The van der Waals surface area contributed by atoms with Gasteiger partial charge in [-0.05, 0) is 36.2 Å². The summed E-state index contributed by atoms with van der Waals surface area (Å²) in [5.41, 5.74) is 1.69. The standard InChI is InChI=1S/C19H22N4O3/c1-22(10-7-15-5-8-20-9-6-15)18(24)16-3-2-4-17(21-16)19(25)23-11-13-26-14-12-23/h2-6,8-9H,7,10-14H2,1H3. The maximum absolute atomic E-state index is 12.6. The van der Waals surface area contributed by atoms with Crippen molar-refractivity contribution in [3.63, 3.8) is 0 Å². The lowest BCUT2D eigenvalue weighted by molar-refractivity contribution is 0.0299. The fourth-order valence-electron chi connectivity index (χ4n) is 2.74. The third-order valence-corrected chi connectivity index (χ3v) is 4.32. The molecular weight excluding hydrogens is 332 g/mol. The maximum Gasteiger partial charge on any atom is 0.272 e. The molecule has 0 bridgehead atoms. The van der Waals surface area contributed by atoms with E-state index in [9.17, 15) is 9.59 Å². The lowest BCUT2D eigenvalue weighted by Crippen LogP contribution is -2.41. The number of carbonyl (C=O) groups is 2. The van der Waals surface area contributed by atoms with E-state index in [1.165, 1.54) is 0 Å². The van der Waals surface area contributed by atoms with E-state index in [1.807, 2.05) is 12.1 Å². The number of amides is 2. The SMILES string of the molecule is CN(CCc1ccncc1)C(=O)c1cccc(C(=O)N2CCOCC2)n1. The fraction of sp³-hybridized carbons (Fsp3) is 0.368. The van der Waals surface area contributed by atoms with Crippen molar-refractivity contribution in [1.82, 2.24) is 19.8 Å². The third kappa shape index (κ3) is 4.43. The van der Waals surface area contributed by atoms with Gasteiger partial charge in [0.05, 0.1) is 13.2 Å². The van der Waals surface area contributed by atoms with Gasteiger partial charge in [-0.3, -0.25) is 14.6 Å². The zero-order valence-electron chi connectivity index (χ0n) is 14.8. The van der Waals surface area contributed by atoms with Crippen LogP contribution in [0.4, 0.5) is 0 Å². The number of hydrogen-bond acceptors (Lipinski definition) is 5. The molecule has 0 atom stereocenters. The minimum Gasteiger partial charge on any atom is -0.378 e. The number of likely N-dealkylation sites (N-methyl/N-ethyl adjacent to an activating group) is 1. The Kier molecular flexibility index (Phi) is 5.91. The lowest BCUT2D eigenvalue weighted by Gasteiger charge is -2.26. The van der Waals surface area contributed by atoms with Crippen LogP contribution < -0.4 is 0 Å². The average molecular weight is 354 g/mol. The van der Waals surface area contributed by atoms with Gasteiger partial charge in [0.2, 0.25) is 0 Å². The molecule has 136 valence electrons. The average Bonchev–Trinajstić information content (AvgIpc) is 2.72. The van der Waals surface area contributed by atoms with Crippen molar-refractivity contribution in [1.29, 1.82) is 0 Å². The molecule has 0 unspecified atom stereocenters. The summed E-state index contributed by atoms with van der Waals surface area (Å²) in [7, 11) is 1.74. The molecule has 2 amide bonds. The van der Waals surface area contributed by atoms with Gasteiger partial charge in [0.15, 0.2) is 0 Å². The predicted molar refractivity (Wildman–Crippen MR) is 95.9 cm³/mol. The Balaban J connectivity index is 1.64. The lowest BCUT2D eigenvalue weighted by atomic mass is 10.2. The molecule has 1 saturated heterocycles. The molecule has 0 N–H and O–H groups in total. The van der Waals surface area contributed by atoms with Crippen molar-refractivity contribution >= 4 is 11.8 Å². The summed E-state index contributed by atoms with van der Waals surface area (Å²) in [4.78, 5) is 36.8. The Morgan fingerprint density at radius 3 is 2.54 bits per heavy atom. The van der Waals surface area contributed by atoms with Gasteiger partial charge in [0.1, 0.15) is 11.4 Å². The fourth-order valence-corrected chi connectivity index (χ4v) is 2.74. The molecule has 3 heterocycles. The minimum atomic E-state index is -0.198. The molecule has 1 aliphatic rings. The van der Waals surface area contributed by atoms with Gasteiger partial charge in [-0.25, -0.2) is 4.98 Å². The summed E-state index contributed by atoms with van der Waals surface area (Å²) in [5, 5.41) is 0. The van der Waals surface area contributed by atoms with Crippen molar-refractivity contribution in [2.45, 2.75) is 6.42 Å². The van der Waals surface area contributed by atoms with E-state index >= 15 is 0 Å². The Hall–Kier alpha value is -2.80. The van der Waals surface area contributed by atoms with Crippen molar-refractivity contribution in [3.05, 3.63) is 59.7 Å². The first kappa shape index (κ1) is 18.0. The molecule has 3 rings (SSSR count). The van der Waals surface area contributed by atoms with E-state index in [0.717, 1.165) is 12.0 Å². The van der Waals surface area contributed by atoms with Gasteiger partial charge in [-0.2, -0.15) is 0 Å². The molecule has 7 heteroatoms. The minimum absolute atomic E-state index is 0.164. The Labute approximate surface area is 152 Å². The van der Waals surface area contributed by atoms with Gasteiger partial charge >= 0.3 is 0 Å². The van der Waals surface area contributed by atoms with E-state index in [-0.39, 0.29) is 17.5 Å². The number of hydrogen-bond donors (Lipinski definition) is 0. The van der Waals surface area contributed by atoms with Crippen LogP contribution >= 0.6 is 0 Å². The topological polar surface area (TPSA) is 75.6 Å². The molecule has 7 nitrogen and oxygen atoms in total. The second kappa shape index (κ2) is 8.53. The highest BCUT2D eigenvalue weighted by atomic mass is 16.5. The smallest absolute Gasteiger partial charge is 0.272 e. The molecule has 2 aromatic heterocycles. The zero-order chi connectivity index (χ0) is 18.4. The molecule has 0 spiro atoms. The van der Waals surface area contributed by atoms with Gasteiger partial charge in [-0.15, -0.1) is 0 Å². The second-order valence-corrected chi connectivity index (χ2v) is 6.14. The van der Waals surface area contributed by atoms with E-state index < -0.39 is 0 Å². The Morgan fingerprint density at radius 2 is 1.81 bits per heavy atom. The van der Waals surface area contributed by atoms with Gasteiger partial charge in [0, 0.05) is 39.1 Å². The second-order valence-electron chi connectivity index (χ2n) is 6.14. The van der Waals surface area contributed by atoms with Crippen LogP contribution in [0, 0.1) is 0 Å². The monoisotopic (exact) mass is 354 g/mol. The van der Waals surface area contributed by atoms with Gasteiger partial charge in [0.25, 0.3) is 11.8 Å². The van der Waals surface area contributed by atoms with Crippen molar-refractivity contribution in [2.75, 3.05) is 39.9 Å². The summed E-state index contributed by atoms with van der Waals surface area (Å²) in [6.45, 7) is 2.71. The zero-order valence-corrected chi connectivity index (χ0v) is 14.8. The summed E-state index contributed by atoms with van der Waals surface area (Å²) in [6.07, 6.45) is 4.20. The molecule has 1 fully saturated rings. The van der Waals surface area contributed by atoms with Crippen LogP contribution in [0.25, 0.3) is 0 Å². The van der Waals surface area contributed by atoms with E-state index in [1.54, 1.807) is 47.4 Å². The summed E-state index contributed by atoms with van der Waals surface area (Å²) < 4.78 is 5.26. The molecule has 0 aliphatic carbocycles. The molecule has 2 aromatic rings. The number of pyridine rings is 2. The molecule has 0 saturated carbocycles. The first-order valence-corrected chi connectivity index (χ1v) is 8.63. The van der Waals surface area contributed by atoms with Gasteiger partial charge in [-0.1, -0.05) is 6.07 Å². The largest absolute Gasteiger partial charge is 0.378 e. The highest BCUT2D eigenvalue weighted by Crippen LogP contribution is 2.09. The number of morpholine rings is 1. The first-order valence-electron chi connectivity index (χ1n) is 8.63. The van der Waals surface area contributed by atoms with Crippen molar-refractivity contribution in [2.24, 2.45) is 0 Å². The van der Waals surface area contributed by atoms with E-state index in [4.69, 9.17) is 4.74 Å². The number of ether oxygens (including phenoxy) is 1. The predicted octanol–water partition coefficient (Wildman–Crippen LogP) is 1.26. The third-order valence-electron chi connectivity index (χ3n) is 4.32. The first-order chi connectivity index (χ1) is 12.6. The summed E-state index contributed by atoms with van der Waals surface area (Å²) in [5.74, 6) is -0.363. The highest BCUT2D eigenvalue weighted by molar-refractivity contribution is 5.96. The van der Waals surface area contributed by atoms with Crippen LogP contribution in [0.2, 0.25) is 0 Å². The number of aromatic nitrogens is 2. The van der Waals surface area contributed by atoms with Crippen LogP contribution in [0.3, 0.4) is 0 Å². The van der Waals surface area contributed by atoms with Crippen LogP contribution in [0.15, 0.2) is 42.7 Å². The quantitative estimate of drug-likeness (QED) is 0.808. The summed E-state index contributed by atoms with van der Waals surface area (Å²) >= 11 is 0. The van der Waals surface area contributed by atoms with E-state index in [0.29, 0.717) is 38.5 Å². The Morgan fingerprint density at radius 1 is 1.12 bits per heavy atom. The van der Waals surface area contributed by atoms with Crippen LogP contribution in [-0.4, -0.2) is 71.5 Å². The molecule has 0 radical (unpaired) electrons. The molecule has 26 heavy (non-hydrogen) atoms. The van der Waals surface area contributed by atoms with Crippen molar-refractivity contribution in [3.8, 4) is 0 Å². The van der Waals surface area contributed by atoms with Crippen LogP contribution in [-0.2, 0) is 11.2 Å². The molecule has 1 aliphatic heterocycles. The highest BCUT2D eigenvalue weighted by Gasteiger charge is 2.21. The van der Waals surface area contributed by atoms with Crippen molar-refractivity contribution < 1.29 is 14.3 Å². The summed E-state index contributed by atoms with van der Waals surface area (Å²) in [6, 6.07) is 8.84. The number of nitrogens with zero attached hydrogens (tertiary/aromatic N) is 4. The molecule has 0 aromatic carbocycles. The van der Waals surface area contributed by atoms with Crippen LogP contribution in [0.5, 0.6) is 0 Å². The Bertz CT molecular complexity index is 760. The molecular formula is C19H22N4O3.